The molecule has 3 aromatic heterocycles. The van der Waals surface area contributed by atoms with Crippen LogP contribution in [-0.4, -0.2) is 41.1 Å². The summed E-state index contributed by atoms with van der Waals surface area (Å²) in [6, 6.07) is 4.39. The summed E-state index contributed by atoms with van der Waals surface area (Å²) in [4.78, 5) is 33.2. The molecule has 2 N–H and O–H groups in total. The highest BCUT2D eigenvalue weighted by atomic mass is 35.5. The van der Waals surface area contributed by atoms with Crippen LogP contribution in [0.1, 0.15) is 0 Å². The highest BCUT2D eigenvalue weighted by molar-refractivity contribution is 7.89. The summed E-state index contributed by atoms with van der Waals surface area (Å²) < 4.78 is 33.5. The van der Waals surface area contributed by atoms with E-state index >= 15 is 0 Å². The van der Waals surface area contributed by atoms with Gasteiger partial charge in [-0.2, -0.15) is 0 Å². The van der Waals surface area contributed by atoms with Gasteiger partial charge >= 0.3 is 5.69 Å². The average molecular weight is 412 g/mol. The van der Waals surface area contributed by atoms with Crippen molar-refractivity contribution in [3.63, 3.8) is 0 Å². The Kier molecular flexibility index (Phi) is 5.26. The third-order valence-corrected chi connectivity index (χ3v) is 5.31. The number of aromatic nitrogens is 4. The third kappa shape index (κ3) is 3.99. The minimum atomic E-state index is -3.94. The van der Waals surface area contributed by atoms with Gasteiger partial charge in [-0.1, -0.05) is 11.6 Å². The van der Waals surface area contributed by atoms with Crippen LogP contribution >= 0.6 is 11.6 Å². The van der Waals surface area contributed by atoms with Gasteiger partial charge in [0.15, 0.2) is 0 Å². The van der Waals surface area contributed by atoms with E-state index in [-0.39, 0.29) is 35.0 Å². The number of halogens is 1. The Morgan fingerprint density at radius 2 is 2.11 bits per heavy atom. The second kappa shape index (κ2) is 7.47. The lowest BCUT2D eigenvalue weighted by atomic mass is 10.3. The summed E-state index contributed by atoms with van der Waals surface area (Å²) in [7, 11) is -2.53. The third-order valence-electron chi connectivity index (χ3n) is 3.60. The lowest BCUT2D eigenvalue weighted by Gasteiger charge is -2.09. The molecule has 3 heterocycles. The number of rotatable bonds is 6. The Hall–Kier alpha value is -2.76. The van der Waals surface area contributed by atoms with E-state index in [0.717, 1.165) is 16.8 Å². The van der Waals surface area contributed by atoms with Gasteiger partial charge in [0.2, 0.25) is 15.9 Å². The van der Waals surface area contributed by atoms with Gasteiger partial charge in [-0.3, -0.25) is 14.3 Å². The van der Waals surface area contributed by atoms with Crippen LogP contribution in [0.3, 0.4) is 0 Å². The van der Waals surface area contributed by atoms with Crippen LogP contribution in [0.2, 0.25) is 5.02 Å². The van der Waals surface area contributed by atoms with E-state index in [1.165, 1.54) is 13.2 Å². The SMILES string of the molecule is Cn1c(=O)[nH]c(=O)c2cc(S(=O)(=O)NCCOc3ncccc3Cl)cnc21. The van der Waals surface area contributed by atoms with Crippen LogP contribution in [-0.2, 0) is 17.1 Å². The van der Waals surface area contributed by atoms with Crippen molar-refractivity contribution in [3.05, 3.63) is 56.5 Å². The quantitative estimate of drug-likeness (QED) is 0.546. The van der Waals surface area contributed by atoms with Gasteiger partial charge < -0.3 is 4.74 Å². The minimum absolute atomic E-state index is 0.00788. The van der Waals surface area contributed by atoms with Crippen LogP contribution in [0.25, 0.3) is 11.0 Å². The molecule has 0 amide bonds. The van der Waals surface area contributed by atoms with Crippen LogP contribution < -0.4 is 20.7 Å². The Morgan fingerprint density at radius 3 is 2.85 bits per heavy atom. The molecule has 12 heteroatoms. The van der Waals surface area contributed by atoms with Crippen molar-refractivity contribution in [1.82, 2.24) is 24.2 Å². The fourth-order valence-electron chi connectivity index (χ4n) is 2.25. The number of H-pyrrole nitrogens is 1. The van der Waals surface area contributed by atoms with E-state index in [2.05, 4.69) is 19.7 Å². The topological polar surface area (TPSA) is 136 Å². The molecule has 0 atom stereocenters. The summed E-state index contributed by atoms with van der Waals surface area (Å²) in [5, 5.41) is 0.292. The Morgan fingerprint density at radius 1 is 1.33 bits per heavy atom. The number of aromatic amines is 1. The van der Waals surface area contributed by atoms with Crippen LogP contribution in [0, 0.1) is 0 Å². The summed E-state index contributed by atoms with van der Waals surface area (Å²) in [6.45, 7) is -0.0665. The Balaban J connectivity index is 1.76. The summed E-state index contributed by atoms with van der Waals surface area (Å²) >= 11 is 5.89. The molecule has 10 nitrogen and oxygen atoms in total. The van der Waals surface area contributed by atoms with Gasteiger partial charge in [-0.25, -0.2) is 27.9 Å². The molecule has 3 aromatic rings. The molecule has 0 saturated carbocycles. The van der Waals surface area contributed by atoms with E-state index in [1.807, 2.05) is 0 Å². The van der Waals surface area contributed by atoms with Crippen molar-refractivity contribution in [2.75, 3.05) is 13.2 Å². The molecular weight excluding hydrogens is 398 g/mol. The molecule has 0 aliphatic rings. The molecule has 0 aliphatic carbocycles. The number of fused-ring (bicyclic) bond motifs is 1. The summed E-state index contributed by atoms with van der Waals surface area (Å²) in [6.07, 6.45) is 2.57. The lowest BCUT2D eigenvalue weighted by molar-refractivity contribution is 0.311. The number of ether oxygens (including phenoxy) is 1. The second-order valence-corrected chi connectivity index (χ2v) is 7.57. The minimum Gasteiger partial charge on any atom is -0.475 e. The zero-order valence-corrected chi connectivity index (χ0v) is 15.5. The molecular formula is C15H14ClN5O5S. The fourth-order valence-corrected chi connectivity index (χ4v) is 3.41. The van der Waals surface area contributed by atoms with Gasteiger partial charge in [-0.15, -0.1) is 0 Å². The van der Waals surface area contributed by atoms with Crippen molar-refractivity contribution >= 4 is 32.7 Å². The summed E-state index contributed by atoms with van der Waals surface area (Å²) in [5.74, 6) is 0.193. The van der Waals surface area contributed by atoms with Crippen molar-refractivity contribution < 1.29 is 13.2 Å². The predicted molar refractivity (Wildman–Crippen MR) is 97.5 cm³/mol. The zero-order valence-electron chi connectivity index (χ0n) is 14.0. The first-order chi connectivity index (χ1) is 12.8. The highest BCUT2D eigenvalue weighted by Crippen LogP contribution is 2.19. The van der Waals surface area contributed by atoms with Crippen LogP contribution in [0.4, 0.5) is 0 Å². The first-order valence-electron chi connectivity index (χ1n) is 7.61. The lowest BCUT2D eigenvalue weighted by Crippen LogP contribution is -2.30. The maximum atomic E-state index is 12.4. The number of pyridine rings is 2. The normalized spacial score (nSPS) is 11.6. The highest BCUT2D eigenvalue weighted by Gasteiger charge is 2.17. The van der Waals surface area contributed by atoms with E-state index in [9.17, 15) is 18.0 Å². The number of nitrogens with zero attached hydrogens (tertiary/aromatic N) is 3. The first kappa shape index (κ1) is 19.0. The number of aryl methyl sites for hydroxylation is 1. The summed E-state index contributed by atoms with van der Waals surface area (Å²) in [5.41, 5.74) is -1.28. The molecule has 0 spiro atoms. The molecule has 0 aliphatic heterocycles. The van der Waals surface area contributed by atoms with E-state index in [1.54, 1.807) is 12.1 Å². The van der Waals surface area contributed by atoms with Gasteiger partial charge in [0.25, 0.3) is 5.56 Å². The predicted octanol–water partition coefficient (Wildman–Crippen LogP) is 0.0275. The molecule has 27 heavy (non-hydrogen) atoms. The number of hydrogen-bond acceptors (Lipinski definition) is 7. The molecule has 3 rings (SSSR count). The Labute approximate surface area is 157 Å². The standard InChI is InChI=1S/C15H14ClN5O5S/c1-21-12-10(13(22)20-15(21)23)7-9(8-18-12)27(24,25)19-5-6-26-14-11(16)3-2-4-17-14/h2-4,7-8,19H,5-6H2,1H3,(H,20,22,23). The number of sulfonamides is 1. The molecule has 0 fully saturated rings. The van der Waals surface area contributed by atoms with E-state index < -0.39 is 21.3 Å². The maximum absolute atomic E-state index is 12.4. The number of hydrogen-bond donors (Lipinski definition) is 2. The molecule has 0 radical (unpaired) electrons. The van der Waals surface area contributed by atoms with Crippen LogP contribution in [0.5, 0.6) is 5.88 Å². The van der Waals surface area contributed by atoms with E-state index in [4.69, 9.17) is 16.3 Å². The molecule has 0 bridgehead atoms. The van der Waals surface area contributed by atoms with Gasteiger partial charge in [0, 0.05) is 26.0 Å². The average Bonchev–Trinajstić information content (AvgIpc) is 2.64. The molecule has 0 saturated heterocycles. The van der Waals surface area contributed by atoms with Crippen molar-refractivity contribution in [2.45, 2.75) is 4.90 Å². The molecule has 0 unspecified atom stereocenters. The molecule has 0 aromatic carbocycles. The van der Waals surface area contributed by atoms with Gasteiger partial charge in [0.1, 0.15) is 22.2 Å². The Bertz CT molecular complexity index is 1220. The van der Waals surface area contributed by atoms with Crippen molar-refractivity contribution in [3.8, 4) is 5.88 Å². The van der Waals surface area contributed by atoms with E-state index in [0.29, 0.717) is 5.02 Å². The zero-order chi connectivity index (χ0) is 19.6. The first-order valence-corrected chi connectivity index (χ1v) is 9.48. The van der Waals surface area contributed by atoms with Gasteiger partial charge in [0.05, 0.1) is 5.39 Å². The fraction of sp³-hybridized carbons (Fsp3) is 0.200. The van der Waals surface area contributed by atoms with Crippen LogP contribution in [0.15, 0.2) is 45.1 Å². The molecule has 142 valence electrons. The van der Waals surface area contributed by atoms with Crippen molar-refractivity contribution in [2.24, 2.45) is 7.05 Å². The smallest absolute Gasteiger partial charge is 0.329 e. The van der Waals surface area contributed by atoms with Gasteiger partial charge in [-0.05, 0) is 18.2 Å². The second-order valence-electron chi connectivity index (χ2n) is 5.40. The monoisotopic (exact) mass is 411 g/mol. The largest absolute Gasteiger partial charge is 0.475 e. The maximum Gasteiger partial charge on any atom is 0.329 e. The number of nitrogens with one attached hydrogen (secondary N) is 2. The van der Waals surface area contributed by atoms with Crippen molar-refractivity contribution in [1.29, 1.82) is 0 Å².